The maximum atomic E-state index is 6.03. The molecule has 0 radical (unpaired) electrons. The molecule has 0 saturated heterocycles. The first kappa shape index (κ1) is 18.3. The Morgan fingerprint density at radius 1 is 1.17 bits per heavy atom. The molecule has 1 aromatic rings. The number of aryl methyl sites for hydroxylation is 1. The zero-order chi connectivity index (χ0) is 17.3. The third-order valence-corrected chi connectivity index (χ3v) is 6.84. The molecule has 2 fully saturated rings. The van der Waals surface area contributed by atoms with Crippen molar-refractivity contribution in [2.24, 2.45) is 17.8 Å². The molecule has 2 aliphatic carbocycles. The molecule has 1 aromatic carbocycles. The molecular formula is C21H31BrO2. The Labute approximate surface area is 155 Å². The molecule has 2 atom stereocenters. The van der Waals surface area contributed by atoms with E-state index in [1.54, 1.807) is 7.11 Å². The van der Waals surface area contributed by atoms with Gasteiger partial charge in [-0.3, -0.25) is 0 Å². The lowest BCUT2D eigenvalue weighted by atomic mass is 9.56. The molecule has 0 amide bonds. The van der Waals surface area contributed by atoms with Crippen LogP contribution in [0.5, 0.6) is 5.75 Å². The van der Waals surface area contributed by atoms with Crippen LogP contribution in [0.3, 0.4) is 0 Å². The van der Waals surface area contributed by atoms with Crippen molar-refractivity contribution in [1.82, 2.24) is 0 Å². The van der Waals surface area contributed by atoms with Gasteiger partial charge in [0.2, 0.25) is 0 Å². The van der Waals surface area contributed by atoms with Crippen molar-refractivity contribution in [3.05, 3.63) is 27.7 Å². The van der Waals surface area contributed by atoms with Gasteiger partial charge in [0.1, 0.15) is 5.75 Å². The summed E-state index contributed by atoms with van der Waals surface area (Å²) in [5.74, 6) is 3.65. The smallest absolute Gasteiger partial charge is 0.188 e. The highest BCUT2D eigenvalue weighted by Gasteiger charge is 2.45. The van der Waals surface area contributed by atoms with Crippen LogP contribution in [-0.2, 0) is 10.2 Å². The predicted molar refractivity (Wildman–Crippen MR) is 103 cm³/mol. The highest BCUT2D eigenvalue weighted by atomic mass is 79.9. The number of rotatable bonds is 5. The van der Waals surface area contributed by atoms with Gasteiger partial charge in [-0.1, -0.05) is 19.9 Å². The Morgan fingerprint density at radius 3 is 2.42 bits per heavy atom. The van der Waals surface area contributed by atoms with Crippen LogP contribution in [0.15, 0.2) is 16.6 Å². The summed E-state index contributed by atoms with van der Waals surface area (Å²) in [4.78, 5) is 0. The maximum Gasteiger partial charge on any atom is 0.188 e. The van der Waals surface area contributed by atoms with Gasteiger partial charge in [-0.25, -0.2) is 0 Å². The fourth-order valence-corrected chi connectivity index (χ4v) is 6.20. The van der Waals surface area contributed by atoms with E-state index in [2.05, 4.69) is 48.8 Å². The molecule has 2 saturated carbocycles. The quantitative estimate of drug-likeness (QED) is 0.550. The van der Waals surface area contributed by atoms with E-state index in [0.717, 1.165) is 28.0 Å². The van der Waals surface area contributed by atoms with Crippen molar-refractivity contribution in [1.29, 1.82) is 0 Å². The summed E-state index contributed by atoms with van der Waals surface area (Å²) < 4.78 is 12.3. The van der Waals surface area contributed by atoms with E-state index in [0.29, 0.717) is 6.79 Å². The molecule has 3 heteroatoms. The first-order chi connectivity index (χ1) is 11.5. The van der Waals surface area contributed by atoms with E-state index in [4.69, 9.17) is 9.47 Å². The lowest BCUT2D eigenvalue weighted by Gasteiger charge is -2.49. The molecule has 3 rings (SSSR count). The third-order valence-electron chi connectivity index (χ3n) is 6.25. The van der Waals surface area contributed by atoms with Gasteiger partial charge in [-0.05, 0) is 96.2 Å². The molecule has 2 unspecified atom stereocenters. The van der Waals surface area contributed by atoms with E-state index < -0.39 is 0 Å². The SMILES string of the molecule is CCC1(c2cc(C)cc(Br)c2OCOC)CC2CC(C)CC(C2)C1. The van der Waals surface area contributed by atoms with Gasteiger partial charge in [-0.15, -0.1) is 0 Å². The molecule has 0 spiro atoms. The van der Waals surface area contributed by atoms with Crippen LogP contribution in [0.2, 0.25) is 0 Å². The molecule has 0 aliphatic heterocycles. The first-order valence-corrected chi connectivity index (χ1v) is 10.2. The monoisotopic (exact) mass is 394 g/mol. The summed E-state index contributed by atoms with van der Waals surface area (Å²) in [7, 11) is 1.68. The lowest BCUT2D eigenvalue weighted by Crippen LogP contribution is -2.40. The fourth-order valence-electron chi connectivity index (χ4n) is 5.51. The summed E-state index contributed by atoms with van der Waals surface area (Å²) in [6, 6.07) is 4.52. The molecule has 2 bridgehead atoms. The third kappa shape index (κ3) is 3.53. The molecular weight excluding hydrogens is 364 g/mol. The normalized spacial score (nSPS) is 32.6. The van der Waals surface area contributed by atoms with Crippen molar-refractivity contribution in [3.8, 4) is 5.75 Å². The van der Waals surface area contributed by atoms with Crippen LogP contribution in [0.25, 0.3) is 0 Å². The summed E-state index contributed by atoms with van der Waals surface area (Å²) in [6.45, 7) is 7.29. The van der Waals surface area contributed by atoms with E-state index in [-0.39, 0.29) is 5.41 Å². The number of ether oxygens (including phenoxy) is 2. The molecule has 0 aromatic heterocycles. The van der Waals surface area contributed by atoms with Crippen LogP contribution in [0, 0.1) is 24.7 Å². The van der Waals surface area contributed by atoms with Gasteiger partial charge in [0, 0.05) is 12.7 Å². The summed E-state index contributed by atoms with van der Waals surface area (Å²) >= 11 is 3.74. The number of hydrogen-bond acceptors (Lipinski definition) is 2. The van der Waals surface area contributed by atoms with Gasteiger partial charge >= 0.3 is 0 Å². The highest BCUT2D eigenvalue weighted by molar-refractivity contribution is 9.10. The molecule has 24 heavy (non-hydrogen) atoms. The van der Waals surface area contributed by atoms with E-state index >= 15 is 0 Å². The summed E-state index contributed by atoms with van der Waals surface area (Å²) in [5, 5.41) is 0. The number of benzene rings is 1. The molecule has 2 aliphatic rings. The zero-order valence-corrected chi connectivity index (χ0v) is 17.1. The topological polar surface area (TPSA) is 18.5 Å². The van der Waals surface area contributed by atoms with Gasteiger partial charge in [0.05, 0.1) is 4.47 Å². The van der Waals surface area contributed by atoms with Crippen LogP contribution >= 0.6 is 15.9 Å². The highest BCUT2D eigenvalue weighted by Crippen LogP contribution is 2.55. The molecule has 2 nitrogen and oxygen atoms in total. The van der Waals surface area contributed by atoms with Crippen molar-refractivity contribution in [2.75, 3.05) is 13.9 Å². The number of methoxy groups -OCH3 is 1. The largest absolute Gasteiger partial charge is 0.466 e. The zero-order valence-electron chi connectivity index (χ0n) is 15.5. The minimum absolute atomic E-state index is 0.255. The average molecular weight is 395 g/mol. The number of halogens is 1. The Hall–Kier alpha value is -0.540. The summed E-state index contributed by atoms with van der Waals surface area (Å²) in [5.41, 5.74) is 2.96. The van der Waals surface area contributed by atoms with E-state index in [1.807, 2.05) is 0 Å². The molecule has 0 heterocycles. The second-order valence-electron chi connectivity index (χ2n) is 8.26. The van der Waals surface area contributed by atoms with Crippen molar-refractivity contribution >= 4 is 15.9 Å². The van der Waals surface area contributed by atoms with Gasteiger partial charge < -0.3 is 9.47 Å². The average Bonchev–Trinajstić information content (AvgIpc) is 2.52. The van der Waals surface area contributed by atoms with Crippen molar-refractivity contribution in [3.63, 3.8) is 0 Å². The van der Waals surface area contributed by atoms with Crippen LogP contribution < -0.4 is 4.74 Å². The van der Waals surface area contributed by atoms with Gasteiger partial charge in [0.15, 0.2) is 6.79 Å². The molecule has 134 valence electrons. The van der Waals surface area contributed by atoms with Crippen molar-refractivity contribution in [2.45, 2.75) is 64.7 Å². The maximum absolute atomic E-state index is 6.03. The Balaban J connectivity index is 2.01. The second-order valence-corrected chi connectivity index (χ2v) is 9.12. The minimum Gasteiger partial charge on any atom is -0.466 e. The Bertz CT molecular complexity index is 565. The summed E-state index contributed by atoms with van der Waals surface area (Å²) in [6.07, 6.45) is 8.05. The van der Waals surface area contributed by atoms with Gasteiger partial charge in [0.25, 0.3) is 0 Å². The molecule has 0 N–H and O–H groups in total. The van der Waals surface area contributed by atoms with Crippen LogP contribution in [-0.4, -0.2) is 13.9 Å². The van der Waals surface area contributed by atoms with Crippen LogP contribution in [0.1, 0.15) is 63.5 Å². The lowest BCUT2D eigenvalue weighted by molar-refractivity contribution is 0.0438. The number of fused-ring (bicyclic) bond motifs is 2. The van der Waals surface area contributed by atoms with Crippen molar-refractivity contribution < 1.29 is 9.47 Å². The van der Waals surface area contributed by atoms with Crippen LogP contribution in [0.4, 0.5) is 0 Å². The Kier molecular flexibility index (Phi) is 5.61. The predicted octanol–water partition coefficient (Wildman–Crippen LogP) is 6.23. The van der Waals surface area contributed by atoms with E-state index in [1.165, 1.54) is 49.7 Å². The first-order valence-electron chi connectivity index (χ1n) is 9.39. The number of hydrogen-bond donors (Lipinski definition) is 0. The Morgan fingerprint density at radius 2 is 1.83 bits per heavy atom. The standard InChI is InChI=1S/C21H31BrO2/c1-5-21(11-16-6-14(2)7-17(10-16)12-21)18-8-15(3)9-19(22)20(18)24-13-23-4/h8-9,14,16-17H,5-7,10-13H2,1-4H3. The second kappa shape index (κ2) is 7.37. The minimum atomic E-state index is 0.255. The fraction of sp³-hybridized carbons (Fsp3) is 0.714. The van der Waals surface area contributed by atoms with E-state index in [9.17, 15) is 0 Å². The van der Waals surface area contributed by atoms with Gasteiger partial charge in [-0.2, -0.15) is 0 Å².